The zero-order valence-electron chi connectivity index (χ0n) is 10.3. The van der Waals surface area contributed by atoms with Gasteiger partial charge in [-0.3, -0.25) is 0 Å². The van der Waals surface area contributed by atoms with Crippen LogP contribution in [0.1, 0.15) is 33.5 Å². The average Bonchev–Trinajstić information content (AvgIpc) is 2.51. The number of hydrogen-bond acceptors (Lipinski definition) is 2. The van der Waals surface area contributed by atoms with E-state index in [0.29, 0.717) is 6.16 Å². The molecule has 86 valence electrons. The first-order chi connectivity index (χ1) is 6.88. The molecule has 0 saturated carbocycles. The standard InChI is InChI=1S/C11H21N2OP/c1-9(2)15(14,10(3)4)8-11-12-6-7-13(11)5/h6-7,9-10H,8H2,1-5H3. The van der Waals surface area contributed by atoms with E-state index in [0.717, 1.165) is 5.82 Å². The summed E-state index contributed by atoms with van der Waals surface area (Å²) in [5.74, 6) is 0.931. The predicted molar refractivity (Wildman–Crippen MR) is 64.8 cm³/mol. The van der Waals surface area contributed by atoms with Crippen LogP contribution in [0.25, 0.3) is 0 Å². The second-order valence-electron chi connectivity index (χ2n) is 4.65. The van der Waals surface area contributed by atoms with Crippen molar-refractivity contribution < 1.29 is 4.57 Å². The summed E-state index contributed by atoms with van der Waals surface area (Å²) in [6.07, 6.45) is 4.28. The molecule has 0 radical (unpaired) electrons. The minimum absolute atomic E-state index is 0.231. The van der Waals surface area contributed by atoms with Gasteiger partial charge in [0.15, 0.2) is 0 Å². The van der Waals surface area contributed by atoms with Gasteiger partial charge in [0.2, 0.25) is 0 Å². The van der Waals surface area contributed by atoms with Gasteiger partial charge < -0.3 is 9.13 Å². The summed E-state index contributed by atoms with van der Waals surface area (Å²) in [5, 5.41) is 0. The third kappa shape index (κ3) is 2.52. The monoisotopic (exact) mass is 228 g/mol. The van der Waals surface area contributed by atoms with E-state index < -0.39 is 7.14 Å². The van der Waals surface area contributed by atoms with Crippen molar-refractivity contribution in [2.24, 2.45) is 7.05 Å². The van der Waals surface area contributed by atoms with E-state index in [1.54, 1.807) is 6.20 Å². The van der Waals surface area contributed by atoms with Crippen LogP contribution in [-0.4, -0.2) is 20.9 Å². The molecular formula is C11H21N2OP. The first-order valence-corrected chi connectivity index (χ1v) is 7.45. The second-order valence-corrected chi connectivity index (χ2v) is 8.74. The van der Waals surface area contributed by atoms with Crippen molar-refractivity contribution in [2.75, 3.05) is 0 Å². The van der Waals surface area contributed by atoms with Gasteiger partial charge in [0, 0.05) is 30.8 Å². The Labute approximate surface area is 92.3 Å². The van der Waals surface area contributed by atoms with Crippen molar-refractivity contribution >= 4 is 7.14 Å². The van der Waals surface area contributed by atoms with Crippen LogP contribution in [0, 0.1) is 0 Å². The van der Waals surface area contributed by atoms with Crippen LogP contribution >= 0.6 is 7.14 Å². The predicted octanol–water partition coefficient (Wildman–Crippen LogP) is 3.10. The first-order valence-electron chi connectivity index (χ1n) is 5.42. The third-order valence-electron chi connectivity index (χ3n) is 3.06. The van der Waals surface area contributed by atoms with Gasteiger partial charge in [-0.25, -0.2) is 4.98 Å². The van der Waals surface area contributed by atoms with Gasteiger partial charge >= 0.3 is 0 Å². The molecule has 0 fully saturated rings. The smallest absolute Gasteiger partial charge is 0.115 e. The Morgan fingerprint density at radius 3 is 2.20 bits per heavy atom. The van der Waals surface area contributed by atoms with Crippen LogP contribution in [0.5, 0.6) is 0 Å². The quantitative estimate of drug-likeness (QED) is 0.742. The van der Waals surface area contributed by atoms with E-state index in [4.69, 9.17) is 0 Å². The number of hydrogen-bond donors (Lipinski definition) is 0. The molecule has 0 aliphatic rings. The van der Waals surface area contributed by atoms with Crippen LogP contribution in [0.3, 0.4) is 0 Å². The number of imidazole rings is 1. The van der Waals surface area contributed by atoms with Crippen LogP contribution in [0.15, 0.2) is 12.4 Å². The molecule has 0 bridgehead atoms. The minimum Gasteiger partial charge on any atom is -0.338 e. The van der Waals surface area contributed by atoms with E-state index in [1.807, 2.05) is 45.5 Å². The summed E-state index contributed by atoms with van der Waals surface area (Å²) in [5.41, 5.74) is 0.461. The SMILES string of the molecule is CC(C)P(=O)(Cc1nccn1C)C(C)C. The molecule has 0 unspecified atom stereocenters. The highest BCUT2D eigenvalue weighted by atomic mass is 31.2. The summed E-state index contributed by atoms with van der Waals surface area (Å²) >= 11 is 0. The van der Waals surface area contributed by atoms with Gasteiger partial charge in [-0.2, -0.15) is 0 Å². The second kappa shape index (κ2) is 4.52. The number of aryl methyl sites for hydroxylation is 1. The van der Waals surface area contributed by atoms with Gasteiger partial charge in [-0.15, -0.1) is 0 Å². The Morgan fingerprint density at radius 1 is 1.33 bits per heavy atom. The van der Waals surface area contributed by atoms with Crippen LogP contribution in [0.2, 0.25) is 0 Å². The lowest BCUT2D eigenvalue weighted by Crippen LogP contribution is -2.12. The fourth-order valence-corrected chi connectivity index (χ4v) is 4.40. The Balaban J connectivity index is 2.96. The summed E-state index contributed by atoms with van der Waals surface area (Å²) in [7, 11) is -0.211. The van der Waals surface area contributed by atoms with Crippen molar-refractivity contribution in [3.63, 3.8) is 0 Å². The normalized spacial score (nSPS) is 12.7. The van der Waals surface area contributed by atoms with Crippen molar-refractivity contribution in [1.82, 2.24) is 9.55 Å². The van der Waals surface area contributed by atoms with Gasteiger partial charge in [0.25, 0.3) is 0 Å². The maximum atomic E-state index is 12.8. The van der Waals surface area contributed by atoms with E-state index in [-0.39, 0.29) is 11.3 Å². The van der Waals surface area contributed by atoms with E-state index in [9.17, 15) is 4.57 Å². The summed E-state index contributed by atoms with van der Waals surface area (Å²) in [4.78, 5) is 4.26. The molecule has 0 aliphatic carbocycles. The van der Waals surface area contributed by atoms with Gasteiger partial charge in [0.1, 0.15) is 5.82 Å². The molecule has 1 heterocycles. The van der Waals surface area contributed by atoms with Gasteiger partial charge in [0.05, 0.1) is 13.3 Å². The maximum Gasteiger partial charge on any atom is 0.115 e. The molecule has 1 rings (SSSR count). The summed E-state index contributed by atoms with van der Waals surface area (Å²) in [6, 6.07) is 0. The van der Waals surface area contributed by atoms with Crippen molar-refractivity contribution in [3.8, 4) is 0 Å². The fraction of sp³-hybridized carbons (Fsp3) is 0.727. The van der Waals surface area contributed by atoms with Crippen LogP contribution in [0.4, 0.5) is 0 Å². The summed E-state index contributed by atoms with van der Waals surface area (Å²) in [6.45, 7) is 8.18. The molecule has 1 aromatic rings. The zero-order chi connectivity index (χ0) is 11.6. The number of nitrogens with zero attached hydrogens (tertiary/aromatic N) is 2. The van der Waals surface area contributed by atoms with Crippen LogP contribution < -0.4 is 0 Å². The molecule has 0 N–H and O–H groups in total. The van der Waals surface area contributed by atoms with Crippen molar-refractivity contribution in [3.05, 3.63) is 18.2 Å². The molecule has 0 aromatic carbocycles. The molecule has 0 spiro atoms. The topological polar surface area (TPSA) is 34.9 Å². The largest absolute Gasteiger partial charge is 0.338 e. The average molecular weight is 228 g/mol. The lowest BCUT2D eigenvalue weighted by Gasteiger charge is -2.25. The summed E-state index contributed by atoms with van der Waals surface area (Å²) < 4.78 is 14.7. The Bertz CT molecular complexity index is 356. The fourth-order valence-electron chi connectivity index (χ4n) is 1.73. The molecule has 1 aromatic heterocycles. The molecule has 3 nitrogen and oxygen atoms in total. The third-order valence-corrected chi connectivity index (χ3v) is 7.33. The molecular weight excluding hydrogens is 207 g/mol. The highest BCUT2D eigenvalue weighted by molar-refractivity contribution is 7.64. The highest BCUT2D eigenvalue weighted by Crippen LogP contribution is 2.57. The molecule has 0 aliphatic heterocycles. The van der Waals surface area contributed by atoms with Crippen molar-refractivity contribution in [1.29, 1.82) is 0 Å². The van der Waals surface area contributed by atoms with Crippen molar-refractivity contribution in [2.45, 2.75) is 45.2 Å². The lowest BCUT2D eigenvalue weighted by atomic mass is 10.5. The Hall–Kier alpha value is -0.560. The zero-order valence-corrected chi connectivity index (χ0v) is 11.2. The van der Waals surface area contributed by atoms with Gasteiger partial charge in [-0.1, -0.05) is 27.7 Å². The molecule has 4 heteroatoms. The van der Waals surface area contributed by atoms with E-state index in [1.165, 1.54) is 0 Å². The Kier molecular flexibility index (Phi) is 3.77. The number of aromatic nitrogens is 2. The first kappa shape index (κ1) is 12.5. The minimum atomic E-state index is -2.16. The van der Waals surface area contributed by atoms with E-state index in [2.05, 4.69) is 4.98 Å². The molecule has 15 heavy (non-hydrogen) atoms. The van der Waals surface area contributed by atoms with E-state index >= 15 is 0 Å². The Morgan fingerprint density at radius 2 is 1.87 bits per heavy atom. The highest BCUT2D eigenvalue weighted by Gasteiger charge is 2.31. The molecule has 0 amide bonds. The maximum absolute atomic E-state index is 12.8. The molecule has 0 atom stereocenters. The lowest BCUT2D eigenvalue weighted by molar-refractivity contribution is 0.558. The van der Waals surface area contributed by atoms with Crippen LogP contribution in [-0.2, 0) is 17.8 Å². The van der Waals surface area contributed by atoms with Gasteiger partial charge in [-0.05, 0) is 0 Å². The molecule has 0 saturated heterocycles. The number of rotatable bonds is 4.